The molecule has 34 heavy (non-hydrogen) atoms. The van der Waals surface area contributed by atoms with E-state index in [4.69, 9.17) is 9.84 Å². The average molecular weight is 469 g/mol. The van der Waals surface area contributed by atoms with Gasteiger partial charge in [0.1, 0.15) is 11.4 Å². The first-order valence-corrected chi connectivity index (χ1v) is 10.8. The highest BCUT2D eigenvalue weighted by atomic mass is 16.6. The van der Waals surface area contributed by atoms with E-state index in [0.29, 0.717) is 17.9 Å². The fourth-order valence-electron chi connectivity index (χ4n) is 2.82. The molecule has 0 spiro atoms. The van der Waals surface area contributed by atoms with Gasteiger partial charge in [-0.25, -0.2) is 0 Å². The van der Waals surface area contributed by atoms with Gasteiger partial charge in [0.15, 0.2) is 0 Å². The standard InChI is InChI=1S/C24H27N3O7/c1-2-3-14-34-20-11-9-18(10-12-20)23(30)26-21(24(31)25-13-5-8-22(28)29)16-17-6-4-7-19(15-17)27(32)33/h4,6-7,9-12,15-16H,2-3,5,8,13-14H2,1H3,(H,25,31)(H,26,30)(H,28,29)/b21-16+. The molecule has 0 radical (unpaired) electrons. The highest BCUT2D eigenvalue weighted by molar-refractivity contribution is 6.05. The number of nitro groups is 1. The fraction of sp³-hybridized carbons (Fsp3) is 0.292. The second-order valence-electron chi connectivity index (χ2n) is 7.34. The molecule has 2 amide bonds. The van der Waals surface area contributed by atoms with E-state index in [9.17, 15) is 24.5 Å². The van der Waals surface area contributed by atoms with E-state index in [0.717, 1.165) is 12.8 Å². The molecule has 180 valence electrons. The van der Waals surface area contributed by atoms with E-state index < -0.39 is 22.7 Å². The summed E-state index contributed by atoms with van der Waals surface area (Å²) >= 11 is 0. The van der Waals surface area contributed by atoms with Crippen molar-refractivity contribution in [2.75, 3.05) is 13.2 Å². The van der Waals surface area contributed by atoms with Crippen LogP contribution >= 0.6 is 0 Å². The molecular formula is C24H27N3O7. The minimum Gasteiger partial charge on any atom is -0.494 e. The number of carboxylic acid groups (broad SMARTS) is 1. The summed E-state index contributed by atoms with van der Waals surface area (Å²) in [5.41, 5.74) is 0.320. The fourth-order valence-corrected chi connectivity index (χ4v) is 2.82. The van der Waals surface area contributed by atoms with E-state index in [1.54, 1.807) is 30.3 Å². The molecule has 2 aromatic carbocycles. The van der Waals surface area contributed by atoms with Crippen LogP contribution in [0, 0.1) is 10.1 Å². The van der Waals surface area contributed by atoms with Crippen LogP contribution in [0.3, 0.4) is 0 Å². The first-order valence-electron chi connectivity index (χ1n) is 10.8. The Bertz CT molecular complexity index is 1050. The predicted octanol–water partition coefficient (Wildman–Crippen LogP) is 3.53. The van der Waals surface area contributed by atoms with E-state index in [1.807, 2.05) is 0 Å². The zero-order chi connectivity index (χ0) is 24.9. The molecule has 2 aromatic rings. The van der Waals surface area contributed by atoms with Gasteiger partial charge in [-0.3, -0.25) is 24.5 Å². The van der Waals surface area contributed by atoms with Crippen LogP contribution in [0.5, 0.6) is 5.75 Å². The normalized spacial score (nSPS) is 10.9. The van der Waals surface area contributed by atoms with Crippen molar-refractivity contribution in [3.63, 3.8) is 0 Å². The molecule has 2 rings (SSSR count). The largest absolute Gasteiger partial charge is 0.494 e. The van der Waals surface area contributed by atoms with Crippen molar-refractivity contribution < 1.29 is 29.2 Å². The number of unbranched alkanes of at least 4 members (excludes halogenated alkanes) is 1. The molecule has 0 saturated heterocycles. The first-order chi connectivity index (χ1) is 16.3. The highest BCUT2D eigenvalue weighted by Gasteiger charge is 2.16. The first kappa shape index (κ1) is 26.0. The Morgan fingerprint density at radius 3 is 2.50 bits per heavy atom. The van der Waals surface area contributed by atoms with Crippen LogP contribution in [0.2, 0.25) is 0 Å². The molecule has 0 aliphatic carbocycles. The third-order valence-electron chi connectivity index (χ3n) is 4.62. The van der Waals surface area contributed by atoms with Gasteiger partial charge in [-0.05, 0) is 48.7 Å². The molecule has 0 saturated carbocycles. The maximum Gasteiger partial charge on any atom is 0.303 e. The van der Waals surface area contributed by atoms with Crippen molar-refractivity contribution >= 4 is 29.5 Å². The summed E-state index contributed by atoms with van der Waals surface area (Å²) in [5.74, 6) is -1.58. The van der Waals surface area contributed by atoms with Crippen molar-refractivity contribution in [3.8, 4) is 5.75 Å². The zero-order valence-corrected chi connectivity index (χ0v) is 18.8. The van der Waals surface area contributed by atoms with Crippen LogP contribution in [0.1, 0.15) is 48.5 Å². The maximum atomic E-state index is 12.8. The van der Waals surface area contributed by atoms with Crippen molar-refractivity contribution in [2.24, 2.45) is 0 Å². The van der Waals surface area contributed by atoms with Gasteiger partial charge in [-0.2, -0.15) is 0 Å². The topological polar surface area (TPSA) is 148 Å². The predicted molar refractivity (Wildman–Crippen MR) is 125 cm³/mol. The van der Waals surface area contributed by atoms with Crippen LogP contribution in [0.15, 0.2) is 54.2 Å². The van der Waals surface area contributed by atoms with Crippen molar-refractivity contribution in [2.45, 2.75) is 32.6 Å². The lowest BCUT2D eigenvalue weighted by Crippen LogP contribution is -2.35. The number of aliphatic carboxylic acids is 1. The summed E-state index contributed by atoms with van der Waals surface area (Å²) in [4.78, 5) is 46.6. The number of non-ortho nitro benzene ring substituents is 1. The number of nitrogens with zero attached hydrogens (tertiary/aromatic N) is 1. The summed E-state index contributed by atoms with van der Waals surface area (Å²) in [7, 11) is 0. The summed E-state index contributed by atoms with van der Waals surface area (Å²) in [6, 6.07) is 12.0. The Balaban J connectivity index is 2.18. The molecular weight excluding hydrogens is 442 g/mol. The number of benzene rings is 2. The molecule has 0 aromatic heterocycles. The van der Waals surface area contributed by atoms with Gasteiger partial charge in [0.25, 0.3) is 17.5 Å². The molecule has 0 aliphatic heterocycles. The van der Waals surface area contributed by atoms with Crippen molar-refractivity contribution in [3.05, 3.63) is 75.5 Å². The van der Waals surface area contributed by atoms with Crippen LogP contribution in [-0.2, 0) is 9.59 Å². The van der Waals surface area contributed by atoms with Crippen LogP contribution in [0.25, 0.3) is 6.08 Å². The van der Waals surface area contributed by atoms with Gasteiger partial charge in [0, 0.05) is 30.7 Å². The zero-order valence-electron chi connectivity index (χ0n) is 18.8. The second kappa shape index (κ2) is 13.4. The Kier molecular flexibility index (Phi) is 10.2. The Morgan fingerprint density at radius 2 is 1.85 bits per heavy atom. The van der Waals surface area contributed by atoms with Gasteiger partial charge >= 0.3 is 5.97 Å². The number of carbonyl (C=O) groups excluding carboxylic acids is 2. The van der Waals surface area contributed by atoms with Gasteiger partial charge in [-0.15, -0.1) is 0 Å². The third kappa shape index (κ3) is 8.73. The Morgan fingerprint density at radius 1 is 1.12 bits per heavy atom. The molecule has 0 heterocycles. The van der Waals surface area contributed by atoms with E-state index in [1.165, 1.54) is 24.3 Å². The van der Waals surface area contributed by atoms with E-state index >= 15 is 0 Å². The number of carboxylic acids is 1. The quantitative estimate of drug-likeness (QED) is 0.176. The average Bonchev–Trinajstić information content (AvgIpc) is 2.82. The summed E-state index contributed by atoms with van der Waals surface area (Å²) < 4.78 is 5.58. The SMILES string of the molecule is CCCCOc1ccc(C(=O)N/C(=C/c2cccc([N+](=O)[O-])c2)C(=O)NCCCC(=O)O)cc1. The number of hydrogen-bond acceptors (Lipinski definition) is 6. The molecule has 0 atom stereocenters. The number of nitrogens with one attached hydrogen (secondary N) is 2. The molecule has 10 heteroatoms. The molecule has 0 unspecified atom stereocenters. The monoisotopic (exact) mass is 469 g/mol. The van der Waals surface area contributed by atoms with Gasteiger partial charge in [0.2, 0.25) is 0 Å². The molecule has 3 N–H and O–H groups in total. The third-order valence-corrected chi connectivity index (χ3v) is 4.62. The van der Waals surface area contributed by atoms with E-state index in [2.05, 4.69) is 17.6 Å². The second-order valence-corrected chi connectivity index (χ2v) is 7.34. The maximum absolute atomic E-state index is 12.8. The number of rotatable bonds is 13. The summed E-state index contributed by atoms with van der Waals surface area (Å²) in [5, 5.41) is 24.9. The number of nitro benzene ring substituents is 1. The molecule has 0 aliphatic rings. The lowest BCUT2D eigenvalue weighted by atomic mass is 10.1. The van der Waals surface area contributed by atoms with Crippen molar-refractivity contribution in [1.82, 2.24) is 10.6 Å². The van der Waals surface area contributed by atoms with Gasteiger partial charge in [-0.1, -0.05) is 25.5 Å². The van der Waals surface area contributed by atoms with Gasteiger partial charge in [0.05, 0.1) is 11.5 Å². The Hall–Kier alpha value is -4.21. The van der Waals surface area contributed by atoms with Crippen LogP contribution < -0.4 is 15.4 Å². The van der Waals surface area contributed by atoms with Crippen molar-refractivity contribution in [1.29, 1.82) is 0 Å². The number of ether oxygens (including phenoxy) is 1. The summed E-state index contributed by atoms with van der Waals surface area (Å²) in [6.45, 7) is 2.70. The van der Waals surface area contributed by atoms with Gasteiger partial charge < -0.3 is 20.5 Å². The highest BCUT2D eigenvalue weighted by Crippen LogP contribution is 2.16. The lowest BCUT2D eigenvalue weighted by molar-refractivity contribution is -0.384. The minimum absolute atomic E-state index is 0.0804. The smallest absolute Gasteiger partial charge is 0.303 e. The van der Waals surface area contributed by atoms with Crippen LogP contribution in [0.4, 0.5) is 5.69 Å². The summed E-state index contributed by atoms with van der Waals surface area (Å²) in [6.07, 6.45) is 3.32. The van der Waals surface area contributed by atoms with Crippen LogP contribution in [-0.4, -0.2) is 41.0 Å². The lowest BCUT2D eigenvalue weighted by Gasteiger charge is -2.12. The molecule has 10 nitrogen and oxygen atoms in total. The number of carbonyl (C=O) groups is 3. The number of amides is 2. The van der Waals surface area contributed by atoms with E-state index in [-0.39, 0.29) is 36.3 Å². The minimum atomic E-state index is -0.989. The Labute approximate surface area is 196 Å². The molecule has 0 fully saturated rings. The number of hydrogen-bond donors (Lipinski definition) is 3. The molecule has 0 bridgehead atoms.